The van der Waals surface area contributed by atoms with E-state index in [1.807, 2.05) is 11.9 Å². The first-order valence-corrected chi connectivity index (χ1v) is 2.43. The topological polar surface area (TPSA) is 41.6 Å². The van der Waals surface area contributed by atoms with Gasteiger partial charge in [0.1, 0.15) is 0 Å². The van der Waals surface area contributed by atoms with Gasteiger partial charge in [0.25, 0.3) is 0 Å². The minimum Gasteiger partial charge on any atom is -0.369 e. The number of nitrogens with zero attached hydrogens (tertiary/aromatic N) is 2. The Morgan fingerprint density at radius 3 is 2.62 bits per heavy atom. The third kappa shape index (κ3) is 0.665. The molecule has 0 aromatic rings. The molecular formula is C5H9N3. The minimum absolute atomic E-state index is 0.565. The molecule has 0 saturated carbocycles. The number of rotatable bonds is 0. The molecular weight excluding hydrogens is 102 g/mol. The maximum atomic E-state index is 5.38. The lowest BCUT2D eigenvalue weighted by atomic mass is 10.5. The Bertz CT molecular complexity index is 148. The van der Waals surface area contributed by atoms with E-state index in [4.69, 9.17) is 5.73 Å². The molecule has 0 saturated heterocycles. The average molecular weight is 111 g/mol. The van der Waals surface area contributed by atoms with Crippen molar-refractivity contribution in [2.75, 3.05) is 13.6 Å². The highest BCUT2D eigenvalue weighted by Gasteiger charge is 2.09. The lowest BCUT2D eigenvalue weighted by molar-refractivity contribution is 0.572. The molecule has 0 aromatic carbocycles. The quantitative estimate of drug-likeness (QED) is 0.468. The van der Waals surface area contributed by atoms with E-state index in [1.54, 1.807) is 0 Å². The Kier molecular flexibility index (Phi) is 0.970. The predicted octanol–water partition coefficient (Wildman–Crippen LogP) is -0.240. The molecule has 0 amide bonds. The van der Waals surface area contributed by atoms with Crippen LogP contribution in [-0.2, 0) is 0 Å². The van der Waals surface area contributed by atoms with Crippen LogP contribution in [0.1, 0.15) is 0 Å². The number of guanidine groups is 1. The molecule has 1 aliphatic rings. The van der Waals surface area contributed by atoms with E-state index in [2.05, 4.69) is 11.6 Å². The van der Waals surface area contributed by atoms with Crippen molar-refractivity contribution < 1.29 is 0 Å². The van der Waals surface area contributed by atoms with Crippen LogP contribution in [0.4, 0.5) is 0 Å². The van der Waals surface area contributed by atoms with Crippen molar-refractivity contribution in [2.24, 2.45) is 10.7 Å². The average Bonchev–Trinajstić information content (AvgIpc) is 1.85. The zero-order chi connectivity index (χ0) is 6.15. The highest BCUT2D eigenvalue weighted by molar-refractivity contribution is 5.81. The summed E-state index contributed by atoms with van der Waals surface area (Å²) >= 11 is 0. The lowest BCUT2D eigenvalue weighted by Gasteiger charge is -2.06. The summed E-state index contributed by atoms with van der Waals surface area (Å²) < 4.78 is 0. The van der Waals surface area contributed by atoms with Crippen LogP contribution in [0.5, 0.6) is 0 Å². The molecule has 2 N–H and O–H groups in total. The first-order chi connectivity index (χ1) is 3.70. The van der Waals surface area contributed by atoms with Crippen molar-refractivity contribution >= 4 is 5.96 Å². The highest BCUT2D eigenvalue weighted by atomic mass is 15.3. The van der Waals surface area contributed by atoms with Crippen LogP contribution < -0.4 is 5.73 Å². The van der Waals surface area contributed by atoms with Gasteiger partial charge >= 0.3 is 0 Å². The zero-order valence-corrected chi connectivity index (χ0v) is 4.89. The molecule has 8 heavy (non-hydrogen) atoms. The maximum absolute atomic E-state index is 5.38. The molecule has 3 heteroatoms. The van der Waals surface area contributed by atoms with E-state index in [9.17, 15) is 0 Å². The van der Waals surface area contributed by atoms with Crippen molar-refractivity contribution in [2.45, 2.75) is 0 Å². The number of likely N-dealkylation sites (N-methyl/N-ethyl adjacent to an activating group) is 1. The van der Waals surface area contributed by atoms with Crippen LogP contribution in [-0.4, -0.2) is 24.5 Å². The van der Waals surface area contributed by atoms with Gasteiger partial charge in [0.05, 0.1) is 12.2 Å². The predicted molar refractivity (Wildman–Crippen MR) is 33.4 cm³/mol. The highest BCUT2D eigenvalue weighted by Crippen LogP contribution is 2.03. The van der Waals surface area contributed by atoms with Gasteiger partial charge in [-0.3, -0.25) is 0 Å². The molecule has 1 rings (SSSR count). The van der Waals surface area contributed by atoms with E-state index < -0.39 is 0 Å². The molecule has 0 unspecified atom stereocenters. The molecule has 3 nitrogen and oxygen atoms in total. The Hall–Kier alpha value is -0.990. The molecule has 1 heterocycles. The Morgan fingerprint density at radius 2 is 2.50 bits per heavy atom. The number of hydrogen-bond acceptors (Lipinski definition) is 3. The molecule has 0 bridgehead atoms. The van der Waals surface area contributed by atoms with Gasteiger partial charge in [-0.1, -0.05) is 6.58 Å². The zero-order valence-electron chi connectivity index (χ0n) is 4.89. The smallest absolute Gasteiger partial charge is 0.196 e. The van der Waals surface area contributed by atoms with E-state index in [0.29, 0.717) is 5.96 Å². The monoisotopic (exact) mass is 111 g/mol. The van der Waals surface area contributed by atoms with Gasteiger partial charge in [0.2, 0.25) is 0 Å². The molecule has 0 aliphatic carbocycles. The molecule has 0 fully saturated rings. The Balaban J connectivity index is 2.73. The standard InChI is InChI=1S/C5H9N3/c1-4-3-8(2)5(6)7-4/h1,3H2,2H3,(H2,6,7). The van der Waals surface area contributed by atoms with Gasteiger partial charge in [-0.2, -0.15) is 0 Å². The summed E-state index contributed by atoms with van der Waals surface area (Å²) in [6, 6.07) is 0. The first-order valence-electron chi connectivity index (χ1n) is 2.43. The summed E-state index contributed by atoms with van der Waals surface area (Å²) in [6.45, 7) is 4.42. The third-order valence-electron chi connectivity index (χ3n) is 1.08. The van der Waals surface area contributed by atoms with Gasteiger partial charge in [0, 0.05) is 7.05 Å². The normalized spacial score (nSPS) is 19.4. The van der Waals surface area contributed by atoms with Crippen LogP contribution in [0.25, 0.3) is 0 Å². The summed E-state index contributed by atoms with van der Waals surface area (Å²) in [5, 5.41) is 0. The summed E-state index contributed by atoms with van der Waals surface area (Å²) in [5.74, 6) is 0.565. The summed E-state index contributed by atoms with van der Waals surface area (Å²) in [4.78, 5) is 5.75. The fraction of sp³-hybridized carbons (Fsp3) is 0.400. The van der Waals surface area contributed by atoms with Gasteiger partial charge in [0.15, 0.2) is 5.96 Å². The molecule has 44 valence electrons. The van der Waals surface area contributed by atoms with E-state index in [-0.39, 0.29) is 0 Å². The maximum Gasteiger partial charge on any atom is 0.196 e. The van der Waals surface area contributed by atoms with Crippen LogP contribution in [0, 0.1) is 0 Å². The summed E-state index contributed by atoms with van der Waals surface area (Å²) in [5.41, 5.74) is 6.22. The Labute approximate surface area is 48.5 Å². The van der Waals surface area contributed by atoms with Gasteiger partial charge in [-0.25, -0.2) is 4.99 Å². The lowest BCUT2D eigenvalue weighted by Crippen LogP contribution is -2.29. The van der Waals surface area contributed by atoms with Crippen molar-refractivity contribution in [3.05, 3.63) is 12.3 Å². The molecule has 0 atom stereocenters. The molecule has 0 radical (unpaired) electrons. The number of nitrogens with two attached hydrogens (primary N) is 1. The van der Waals surface area contributed by atoms with Gasteiger partial charge < -0.3 is 10.6 Å². The van der Waals surface area contributed by atoms with E-state index >= 15 is 0 Å². The number of aliphatic imine (C=N–C) groups is 1. The number of hydrogen-bond donors (Lipinski definition) is 1. The van der Waals surface area contributed by atoms with E-state index in [0.717, 1.165) is 12.2 Å². The van der Waals surface area contributed by atoms with Gasteiger partial charge in [-0.15, -0.1) is 0 Å². The second-order valence-electron chi connectivity index (χ2n) is 1.89. The fourth-order valence-corrected chi connectivity index (χ4v) is 0.637. The second-order valence-corrected chi connectivity index (χ2v) is 1.89. The molecule has 0 spiro atoms. The van der Waals surface area contributed by atoms with Crippen LogP contribution in [0.3, 0.4) is 0 Å². The third-order valence-corrected chi connectivity index (χ3v) is 1.08. The first kappa shape index (κ1) is 5.15. The van der Waals surface area contributed by atoms with Crippen LogP contribution in [0.2, 0.25) is 0 Å². The van der Waals surface area contributed by atoms with E-state index in [1.165, 1.54) is 0 Å². The molecule has 1 aliphatic heterocycles. The van der Waals surface area contributed by atoms with Crippen molar-refractivity contribution in [3.8, 4) is 0 Å². The summed E-state index contributed by atoms with van der Waals surface area (Å²) in [6.07, 6.45) is 0. The molecule has 0 aromatic heterocycles. The van der Waals surface area contributed by atoms with Crippen molar-refractivity contribution in [1.82, 2.24) is 4.90 Å². The Morgan fingerprint density at radius 1 is 1.88 bits per heavy atom. The van der Waals surface area contributed by atoms with Crippen LogP contribution in [0.15, 0.2) is 17.3 Å². The second kappa shape index (κ2) is 1.51. The minimum atomic E-state index is 0.565. The fourth-order valence-electron chi connectivity index (χ4n) is 0.637. The van der Waals surface area contributed by atoms with Crippen molar-refractivity contribution in [1.29, 1.82) is 0 Å². The summed E-state index contributed by atoms with van der Waals surface area (Å²) in [7, 11) is 1.89. The SMILES string of the molecule is C=C1CN(C)C(N)=N1. The van der Waals surface area contributed by atoms with Crippen molar-refractivity contribution in [3.63, 3.8) is 0 Å². The van der Waals surface area contributed by atoms with Crippen LogP contribution >= 0.6 is 0 Å². The largest absolute Gasteiger partial charge is 0.369 e. The van der Waals surface area contributed by atoms with Gasteiger partial charge in [-0.05, 0) is 0 Å².